The number of hydrogen-bond acceptors (Lipinski definition) is 6. The Labute approximate surface area is 208 Å². The Morgan fingerprint density at radius 1 is 0.861 bits per heavy atom. The van der Waals surface area contributed by atoms with Crippen molar-refractivity contribution in [3.63, 3.8) is 0 Å². The van der Waals surface area contributed by atoms with Crippen LogP contribution in [0.2, 0.25) is 0 Å². The van der Waals surface area contributed by atoms with Gasteiger partial charge in [-0.3, -0.25) is 14.4 Å². The molecule has 0 saturated heterocycles. The molecule has 0 atom stereocenters. The molecule has 0 fully saturated rings. The highest BCUT2D eigenvalue weighted by Crippen LogP contribution is 2.23. The number of anilines is 1. The molecule has 1 aromatic heterocycles. The number of hydrogen-bond donors (Lipinski definition) is 1. The lowest BCUT2D eigenvalue weighted by molar-refractivity contribution is -0.117. The molecule has 182 valence electrons. The maximum atomic E-state index is 13.4. The summed E-state index contributed by atoms with van der Waals surface area (Å²) in [7, 11) is 1.60. The smallest absolute Gasteiger partial charge is 0.253 e. The van der Waals surface area contributed by atoms with E-state index < -0.39 is 18.1 Å². The van der Waals surface area contributed by atoms with Gasteiger partial charge in [0, 0.05) is 37.2 Å². The van der Waals surface area contributed by atoms with Gasteiger partial charge in [0.2, 0.25) is 11.7 Å². The number of rotatable bonds is 9. The standard InChI is InChI=1S/C28H26N4O4/c1-31(14-15-33)28(36)23-8-4-9-24(17-23)32(26(35)18-25(34)27-29-12-5-13-30-27)19-20-10-11-21-6-2-3-7-22(21)16-20/h2-13,16-17,33H,14-15,18-19H2,1H3. The molecule has 0 saturated carbocycles. The number of likely N-dealkylation sites (N-methyl/N-ethyl adjacent to an activating group) is 1. The average molecular weight is 483 g/mol. The Balaban J connectivity index is 1.66. The summed E-state index contributed by atoms with van der Waals surface area (Å²) >= 11 is 0. The van der Waals surface area contributed by atoms with Gasteiger partial charge in [0.25, 0.3) is 5.91 Å². The molecule has 2 amide bonds. The zero-order chi connectivity index (χ0) is 25.5. The van der Waals surface area contributed by atoms with Crippen molar-refractivity contribution in [1.82, 2.24) is 14.9 Å². The number of amides is 2. The predicted octanol–water partition coefficient (Wildman–Crippen LogP) is 3.50. The summed E-state index contributed by atoms with van der Waals surface area (Å²) in [6.07, 6.45) is 2.49. The number of fused-ring (bicyclic) bond motifs is 1. The molecule has 0 unspecified atom stereocenters. The minimum atomic E-state index is -0.487. The minimum Gasteiger partial charge on any atom is -0.395 e. The molecule has 8 heteroatoms. The molecule has 3 aromatic carbocycles. The molecule has 0 bridgehead atoms. The predicted molar refractivity (Wildman–Crippen MR) is 137 cm³/mol. The molecule has 0 aliphatic rings. The first-order chi connectivity index (χ1) is 17.5. The van der Waals surface area contributed by atoms with Gasteiger partial charge in [-0.1, -0.05) is 42.5 Å². The van der Waals surface area contributed by atoms with E-state index in [2.05, 4.69) is 9.97 Å². The lowest BCUT2D eigenvalue weighted by Crippen LogP contribution is -2.33. The summed E-state index contributed by atoms with van der Waals surface area (Å²) < 4.78 is 0. The Bertz CT molecular complexity index is 1390. The second-order valence-electron chi connectivity index (χ2n) is 8.33. The summed E-state index contributed by atoms with van der Waals surface area (Å²) in [6.45, 7) is 0.239. The number of benzene rings is 3. The van der Waals surface area contributed by atoms with Crippen molar-refractivity contribution in [2.75, 3.05) is 25.1 Å². The number of nitrogens with zero attached hydrogens (tertiary/aromatic N) is 4. The van der Waals surface area contributed by atoms with Gasteiger partial charge in [-0.2, -0.15) is 0 Å². The number of carbonyl (C=O) groups is 3. The van der Waals surface area contributed by atoms with Crippen molar-refractivity contribution in [2.24, 2.45) is 0 Å². The first kappa shape index (κ1) is 24.7. The lowest BCUT2D eigenvalue weighted by Gasteiger charge is -2.24. The van der Waals surface area contributed by atoms with Crippen LogP contribution in [0.25, 0.3) is 10.8 Å². The molecular formula is C28H26N4O4. The number of aliphatic hydroxyl groups excluding tert-OH is 1. The summed E-state index contributed by atoms with van der Waals surface area (Å²) in [5.74, 6) is -1.23. The van der Waals surface area contributed by atoms with Crippen LogP contribution in [-0.2, 0) is 11.3 Å². The van der Waals surface area contributed by atoms with Crippen LogP contribution in [0.5, 0.6) is 0 Å². The van der Waals surface area contributed by atoms with Crippen LogP contribution in [0.15, 0.2) is 85.2 Å². The van der Waals surface area contributed by atoms with Gasteiger partial charge < -0.3 is 14.9 Å². The molecule has 0 radical (unpaired) electrons. The van der Waals surface area contributed by atoms with Crippen LogP contribution < -0.4 is 4.90 Å². The van der Waals surface area contributed by atoms with Gasteiger partial charge in [0.15, 0.2) is 5.82 Å². The van der Waals surface area contributed by atoms with Crippen molar-refractivity contribution in [1.29, 1.82) is 0 Å². The van der Waals surface area contributed by atoms with Gasteiger partial charge in [0.1, 0.15) is 0 Å². The Kier molecular flexibility index (Phi) is 7.77. The molecular weight excluding hydrogens is 456 g/mol. The number of Topliss-reactive ketones (excluding diaryl/α,β-unsaturated/α-hetero) is 1. The maximum Gasteiger partial charge on any atom is 0.253 e. The first-order valence-corrected chi connectivity index (χ1v) is 11.5. The Morgan fingerprint density at radius 3 is 2.36 bits per heavy atom. The van der Waals surface area contributed by atoms with E-state index in [-0.39, 0.29) is 31.4 Å². The van der Waals surface area contributed by atoms with Crippen LogP contribution >= 0.6 is 0 Å². The van der Waals surface area contributed by atoms with Gasteiger partial charge >= 0.3 is 0 Å². The number of aromatic nitrogens is 2. The van der Waals surface area contributed by atoms with E-state index in [0.717, 1.165) is 16.3 Å². The second kappa shape index (κ2) is 11.3. The third-order valence-corrected chi connectivity index (χ3v) is 5.77. The third kappa shape index (κ3) is 5.79. The average Bonchev–Trinajstić information content (AvgIpc) is 2.91. The number of carbonyl (C=O) groups excluding carboxylic acids is 3. The summed E-state index contributed by atoms with van der Waals surface area (Å²) in [4.78, 5) is 49.7. The normalized spacial score (nSPS) is 10.7. The van der Waals surface area contributed by atoms with Gasteiger partial charge in [-0.05, 0) is 46.7 Å². The van der Waals surface area contributed by atoms with Crippen LogP contribution in [0.1, 0.15) is 33.0 Å². The monoisotopic (exact) mass is 482 g/mol. The van der Waals surface area contributed by atoms with Crippen LogP contribution in [0.3, 0.4) is 0 Å². The van der Waals surface area contributed by atoms with E-state index in [1.54, 1.807) is 37.4 Å². The maximum absolute atomic E-state index is 13.4. The van der Waals surface area contributed by atoms with E-state index >= 15 is 0 Å². The molecule has 1 heterocycles. The molecule has 4 rings (SSSR count). The van der Waals surface area contributed by atoms with E-state index in [9.17, 15) is 19.5 Å². The highest BCUT2D eigenvalue weighted by atomic mass is 16.3. The SMILES string of the molecule is CN(CCO)C(=O)c1cccc(N(Cc2ccc3ccccc3c2)C(=O)CC(=O)c2ncccn2)c1. The molecule has 36 heavy (non-hydrogen) atoms. The summed E-state index contributed by atoms with van der Waals surface area (Å²) in [5, 5.41) is 11.3. The fourth-order valence-electron chi connectivity index (χ4n) is 3.88. The van der Waals surface area contributed by atoms with Gasteiger partial charge in [-0.25, -0.2) is 9.97 Å². The Morgan fingerprint density at radius 2 is 1.61 bits per heavy atom. The molecule has 0 aliphatic carbocycles. The van der Waals surface area contributed by atoms with Gasteiger partial charge in [-0.15, -0.1) is 0 Å². The van der Waals surface area contributed by atoms with Crippen molar-refractivity contribution in [2.45, 2.75) is 13.0 Å². The van der Waals surface area contributed by atoms with E-state index in [4.69, 9.17) is 0 Å². The lowest BCUT2D eigenvalue weighted by atomic mass is 10.1. The quantitative estimate of drug-likeness (QED) is 0.289. The summed E-state index contributed by atoms with van der Waals surface area (Å²) in [5.41, 5.74) is 1.73. The first-order valence-electron chi connectivity index (χ1n) is 11.5. The number of ketones is 1. The molecule has 1 N–H and O–H groups in total. The zero-order valence-electron chi connectivity index (χ0n) is 19.9. The second-order valence-corrected chi connectivity index (χ2v) is 8.33. The molecule has 0 spiro atoms. The fraction of sp³-hybridized carbons (Fsp3) is 0.179. The van der Waals surface area contributed by atoms with Crippen molar-refractivity contribution in [3.05, 3.63) is 102 Å². The minimum absolute atomic E-state index is 0.0222. The van der Waals surface area contributed by atoms with Crippen molar-refractivity contribution < 1.29 is 19.5 Å². The molecule has 0 aliphatic heterocycles. The van der Waals surface area contributed by atoms with E-state index in [1.165, 1.54) is 22.2 Å². The topological polar surface area (TPSA) is 104 Å². The van der Waals surface area contributed by atoms with Crippen LogP contribution in [0.4, 0.5) is 5.69 Å². The van der Waals surface area contributed by atoms with Crippen LogP contribution in [-0.4, -0.2) is 57.8 Å². The zero-order valence-corrected chi connectivity index (χ0v) is 19.9. The third-order valence-electron chi connectivity index (χ3n) is 5.77. The van der Waals surface area contributed by atoms with E-state index in [1.807, 2.05) is 42.5 Å². The number of aliphatic hydroxyl groups is 1. The molecule has 4 aromatic rings. The highest BCUT2D eigenvalue weighted by molar-refractivity contribution is 6.10. The molecule has 8 nitrogen and oxygen atoms in total. The summed E-state index contributed by atoms with van der Waals surface area (Å²) in [6, 6.07) is 22.1. The van der Waals surface area contributed by atoms with Crippen molar-refractivity contribution in [3.8, 4) is 0 Å². The highest BCUT2D eigenvalue weighted by Gasteiger charge is 2.23. The Hall–Kier alpha value is -4.43. The van der Waals surface area contributed by atoms with Crippen molar-refractivity contribution >= 4 is 34.1 Å². The van der Waals surface area contributed by atoms with E-state index in [0.29, 0.717) is 11.3 Å². The largest absolute Gasteiger partial charge is 0.395 e. The van der Waals surface area contributed by atoms with Crippen LogP contribution in [0, 0.1) is 0 Å². The fourth-order valence-corrected chi connectivity index (χ4v) is 3.88. The van der Waals surface area contributed by atoms with Gasteiger partial charge in [0.05, 0.1) is 19.6 Å².